The minimum absolute atomic E-state index is 0.0665. The summed E-state index contributed by atoms with van der Waals surface area (Å²) in [5.74, 6) is 1.62. The van der Waals surface area contributed by atoms with Crippen LogP contribution >= 0.6 is 0 Å². The van der Waals surface area contributed by atoms with Crippen LogP contribution in [0.1, 0.15) is 42.7 Å². The highest BCUT2D eigenvalue weighted by Gasteiger charge is 2.51. The first-order chi connectivity index (χ1) is 12.6. The molecular formula is C20H27N3O3. The van der Waals surface area contributed by atoms with E-state index in [1.165, 1.54) is 5.56 Å². The van der Waals surface area contributed by atoms with Crippen molar-refractivity contribution in [2.75, 3.05) is 13.7 Å². The van der Waals surface area contributed by atoms with E-state index in [4.69, 9.17) is 14.0 Å². The maximum atomic E-state index is 6.16. The molecule has 0 N–H and O–H groups in total. The number of rotatable bonds is 5. The zero-order chi connectivity index (χ0) is 18.1. The molecule has 2 fully saturated rings. The van der Waals surface area contributed by atoms with E-state index < -0.39 is 0 Å². The van der Waals surface area contributed by atoms with E-state index in [1.807, 2.05) is 39.2 Å². The van der Waals surface area contributed by atoms with E-state index in [9.17, 15) is 0 Å². The summed E-state index contributed by atoms with van der Waals surface area (Å²) in [7, 11) is 1.85. The van der Waals surface area contributed by atoms with Gasteiger partial charge in [-0.05, 0) is 39.2 Å². The van der Waals surface area contributed by atoms with Gasteiger partial charge in [0.2, 0.25) is 5.88 Å². The Hall–Kier alpha value is -1.92. The van der Waals surface area contributed by atoms with Crippen molar-refractivity contribution < 1.29 is 14.0 Å². The van der Waals surface area contributed by atoms with Crippen LogP contribution in [-0.2, 0) is 11.3 Å². The molecule has 26 heavy (non-hydrogen) atoms. The van der Waals surface area contributed by atoms with Crippen molar-refractivity contribution in [3.05, 3.63) is 41.4 Å². The van der Waals surface area contributed by atoms with Crippen LogP contribution in [0.4, 0.5) is 0 Å². The molecule has 1 saturated carbocycles. The van der Waals surface area contributed by atoms with Crippen LogP contribution in [0.3, 0.4) is 0 Å². The summed E-state index contributed by atoms with van der Waals surface area (Å²) in [5, 5.41) is 4.10. The summed E-state index contributed by atoms with van der Waals surface area (Å²) in [6, 6.07) is 6.13. The van der Waals surface area contributed by atoms with E-state index in [-0.39, 0.29) is 11.7 Å². The molecule has 3 atom stereocenters. The second-order valence-electron chi connectivity index (χ2n) is 7.49. The number of nitrogens with zero attached hydrogens (tertiary/aromatic N) is 3. The molecule has 0 amide bonds. The van der Waals surface area contributed by atoms with Gasteiger partial charge in [0.1, 0.15) is 11.9 Å². The van der Waals surface area contributed by atoms with Crippen LogP contribution in [0, 0.1) is 13.8 Å². The molecule has 6 nitrogen and oxygen atoms in total. The molecule has 3 heterocycles. The molecule has 4 rings (SSSR count). The lowest BCUT2D eigenvalue weighted by atomic mass is 9.79. The monoisotopic (exact) mass is 357 g/mol. The number of aryl methyl sites for hydroxylation is 2. The largest absolute Gasteiger partial charge is 0.474 e. The van der Waals surface area contributed by atoms with Crippen molar-refractivity contribution >= 4 is 0 Å². The predicted molar refractivity (Wildman–Crippen MR) is 97.0 cm³/mol. The average molecular weight is 357 g/mol. The fourth-order valence-electron chi connectivity index (χ4n) is 4.57. The molecule has 0 aromatic carbocycles. The van der Waals surface area contributed by atoms with Gasteiger partial charge in [-0.3, -0.25) is 4.90 Å². The number of aromatic nitrogens is 2. The van der Waals surface area contributed by atoms with Crippen molar-refractivity contribution in [2.24, 2.45) is 0 Å². The van der Waals surface area contributed by atoms with Crippen LogP contribution in [0.5, 0.6) is 5.88 Å². The number of pyridine rings is 1. The van der Waals surface area contributed by atoms with Gasteiger partial charge in [0.05, 0.1) is 11.3 Å². The van der Waals surface area contributed by atoms with E-state index in [0.717, 1.165) is 50.2 Å². The molecule has 0 unspecified atom stereocenters. The van der Waals surface area contributed by atoms with Gasteiger partial charge >= 0.3 is 0 Å². The highest BCUT2D eigenvalue weighted by Crippen LogP contribution is 2.44. The standard InChI is InChI=1S/C20H27N3O3/c1-14-17(15(2)26-22-14)13-23-11-9-20(24-3)8-7-16(12-18(20)23)25-19-6-4-5-10-21-19/h4-6,10,16,18H,7-9,11-13H2,1-3H3/t16-,18+,20-/m1/s1. The summed E-state index contributed by atoms with van der Waals surface area (Å²) in [6.07, 6.45) is 5.98. The van der Waals surface area contributed by atoms with E-state index in [0.29, 0.717) is 11.9 Å². The summed E-state index contributed by atoms with van der Waals surface area (Å²) in [5.41, 5.74) is 2.11. The molecule has 2 aromatic heterocycles. The lowest BCUT2D eigenvalue weighted by molar-refractivity contribution is -0.0843. The molecule has 140 valence electrons. The molecule has 2 aliphatic rings. The second-order valence-corrected chi connectivity index (χ2v) is 7.49. The van der Waals surface area contributed by atoms with Gasteiger partial charge in [0, 0.05) is 50.5 Å². The first kappa shape index (κ1) is 17.5. The number of fused-ring (bicyclic) bond motifs is 1. The van der Waals surface area contributed by atoms with Crippen LogP contribution in [0.15, 0.2) is 28.9 Å². The molecule has 6 heteroatoms. The number of likely N-dealkylation sites (tertiary alicyclic amines) is 1. The number of hydrogen-bond donors (Lipinski definition) is 0. The summed E-state index contributed by atoms with van der Waals surface area (Å²) in [4.78, 5) is 6.83. The molecule has 1 aliphatic carbocycles. The van der Waals surface area contributed by atoms with Crippen molar-refractivity contribution in [3.8, 4) is 5.88 Å². The van der Waals surface area contributed by atoms with Crippen molar-refractivity contribution in [2.45, 2.75) is 63.8 Å². The van der Waals surface area contributed by atoms with Crippen LogP contribution in [-0.4, -0.2) is 46.4 Å². The molecular weight excluding hydrogens is 330 g/mol. The average Bonchev–Trinajstić information content (AvgIpc) is 3.18. The lowest BCUT2D eigenvalue weighted by Crippen LogP contribution is -2.52. The van der Waals surface area contributed by atoms with E-state index in [2.05, 4.69) is 15.0 Å². The predicted octanol–water partition coefficient (Wildman–Crippen LogP) is 3.28. The maximum absolute atomic E-state index is 6.16. The first-order valence-electron chi connectivity index (χ1n) is 9.40. The molecule has 0 radical (unpaired) electrons. The van der Waals surface area contributed by atoms with Gasteiger partial charge in [0.25, 0.3) is 0 Å². The Morgan fingerprint density at radius 1 is 1.31 bits per heavy atom. The van der Waals surface area contributed by atoms with Gasteiger partial charge in [0.15, 0.2) is 0 Å². The molecule has 0 spiro atoms. The smallest absolute Gasteiger partial charge is 0.213 e. The Kier molecular flexibility index (Phi) is 4.71. The number of methoxy groups -OCH3 is 1. The Morgan fingerprint density at radius 3 is 2.88 bits per heavy atom. The highest BCUT2D eigenvalue weighted by atomic mass is 16.5. The summed E-state index contributed by atoms with van der Waals surface area (Å²) < 4.78 is 17.6. The first-order valence-corrected chi connectivity index (χ1v) is 9.40. The topological polar surface area (TPSA) is 60.6 Å². The summed E-state index contributed by atoms with van der Waals surface area (Å²) >= 11 is 0. The van der Waals surface area contributed by atoms with Crippen molar-refractivity contribution in [1.29, 1.82) is 0 Å². The van der Waals surface area contributed by atoms with Gasteiger partial charge < -0.3 is 14.0 Å². The summed E-state index contributed by atoms with van der Waals surface area (Å²) in [6.45, 7) is 5.88. The second kappa shape index (κ2) is 7.00. The molecule has 1 saturated heterocycles. The van der Waals surface area contributed by atoms with Crippen molar-refractivity contribution in [1.82, 2.24) is 15.0 Å². The minimum atomic E-state index is -0.0665. The fraction of sp³-hybridized carbons (Fsp3) is 0.600. The normalized spacial score (nSPS) is 28.9. The zero-order valence-corrected chi connectivity index (χ0v) is 15.8. The van der Waals surface area contributed by atoms with Gasteiger partial charge in [-0.25, -0.2) is 4.98 Å². The third-order valence-electron chi connectivity index (χ3n) is 6.12. The van der Waals surface area contributed by atoms with Crippen LogP contribution in [0.25, 0.3) is 0 Å². The molecule has 0 bridgehead atoms. The van der Waals surface area contributed by atoms with E-state index in [1.54, 1.807) is 6.20 Å². The SMILES string of the molecule is CO[C@@]12CC[C@@H](Oc3ccccn3)C[C@@H]1N(Cc1c(C)noc1C)CC2. The zero-order valence-electron chi connectivity index (χ0n) is 15.8. The van der Waals surface area contributed by atoms with E-state index >= 15 is 0 Å². The Morgan fingerprint density at radius 2 is 2.19 bits per heavy atom. The lowest BCUT2D eigenvalue weighted by Gasteiger charge is -2.43. The van der Waals surface area contributed by atoms with Crippen molar-refractivity contribution in [3.63, 3.8) is 0 Å². The van der Waals surface area contributed by atoms with Gasteiger partial charge in [-0.15, -0.1) is 0 Å². The van der Waals surface area contributed by atoms with Crippen LogP contribution in [0.2, 0.25) is 0 Å². The van der Waals surface area contributed by atoms with Gasteiger partial charge in [-0.2, -0.15) is 0 Å². The molecule has 1 aliphatic heterocycles. The Bertz CT molecular complexity index is 729. The highest BCUT2D eigenvalue weighted by molar-refractivity contribution is 5.22. The Labute approximate surface area is 154 Å². The van der Waals surface area contributed by atoms with Gasteiger partial charge in [-0.1, -0.05) is 11.2 Å². The number of hydrogen-bond acceptors (Lipinski definition) is 6. The quantitative estimate of drug-likeness (QED) is 0.818. The van der Waals surface area contributed by atoms with Crippen LogP contribution < -0.4 is 4.74 Å². The fourth-order valence-corrected chi connectivity index (χ4v) is 4.57. The molecule has 2 aromatic rings. The third-order valence-corrected chi connectivity index (χ3v) is 6.12. The third kappa shape index (κ3) is 3.12. The number of ether oxygens (including phenoxy) is 2. The minimum Gasteiger partial charge on any atom is -0.474 e. The Balaban J connectivity index is 1.51. The maximum Gasteiger partial charge on any atom is 0.213 e.